The van der Waals surface area contributed by atoms with E-state index in [1.165, 1.54) is 0 Å². The minimum Gasteiger partial charge on any atom is -0.182 e. The molecule has 2 heteroatoms. The first-order valence-electron chi connectivity index (χ1n) is 3.32. The van der Waals surface area contributed by atoms with Crippen molar-refractivity contribution < 1.29 is 0 Å². The third-order valence-corrected chi connectivity index (χ3v) is 1.36. The molecule has 1 aliphatic rings. The summed E-state index contributed by atoms with van der Waals surface area (Å²) in [6, 6.07) is 0.308. The van der Waals surface area contributed by atoms with Gasteiger partial charge in [-0.25, -0.2) is 0 Å². The molecule has 0 saturated carbocycles. The van der Waals surface area contributed by atoms with Crippen molar-refractivity contribution in [1.29, 1.82) is 0 Å². The Balaban J connectivity index is 2.64. The molecule has 1 heterocycles. The van der Waals surface area contributed by atoms with Crippen molar-refractivity contribution in [2.75, 3.05) is 0 Å². The van der Waals surface area contributed by atoms with Gasteiger partial charge in [0.25, 0.3) is 0 Å². The molecule has 0 saturated heterocycles. The van der Waals surface area contributed by atoms with E-state index in [9.17, 15) is 0 Å². The van der Waals surface area contributed by atoms with Crippen molar-refractivity contribution in [3.05, 3.63) is 11.8 Å². The van der Waals surface area contributed by atoms with E-state index in [-0.39, 0.29) is 0 Å². The maximum Gasteiger partial charge on any atom is 0.0886 e. The van der Waals surface area contributed by atoms with Crippen LogP contribution in [0.2, 0.25) is 0 Å². The Morgan fingerprint density at radius 1 is 1.56 bits per heavy atom. The number of azo groups is 1. The number of hydrogen-bond acceptors (Lipinski definition) is 2. The molecule has 9 heavy (non-hydrogen) atoms. The van der Waals surface area contributed by atoms with Crippen molar-refractivity contribution in [2.24, 2.45) is 16.1 Å². The Morgan fingerprint density at radius 3 is 2.44 bits per heavy atom. The monoisotopic (exact) mass is 124 g/mol. The second-order valence-corrected chi connectivity index (χ2v) is 2.70. The zero-order chi connectivity index (χ0) is 6.85. The van der Waals surface area contributed by atoms with Gasteiger partial charge in [0.2, 0.25) is 0 Å². The second-order valence-electron chi connectivity index (χ2n) is 2.70. The first-order chi connectivity index (χ1) is 4.20. The number of allylic oxidation sites excluding steroid dienone is 1. The van der Waals surface area contributed by atoms with E-state index in [4.69, 9.17) is 0 Å². The standard InChI is InChI=1S/C7H12N2/c1-5(2)7-4-6(3)8-9-7/h4-6H,1-3H3. The topological polar surface area (TPSA) is 24.7 Å². The summed E-state index contributed by atoms with van der Waals surface area (Å²) in [5, 5.41) is 7.97. The minimum absolute atomic E-state index is 0.308. The van der Waals surface area contributed by atoms with Crippen molar-refractivity contribution in [1.82, 2.24) is 0 Å². The fourth-order valence-corrected chi connectivity index (χ4v) is 0.779. The lowest BCUT2D eigenvalue weighted by Gasteiger charge is -1.97. The summed E-state index contributed by atoms with van der Waals surface area (Å²) >= 11 is 0. The maximum absolute atomic E-state index is 4.00. The van der Waals surface area contributed by atoms with Crippen LogP contribution in [0, 0.1) is 5.92 Å². The van der Waals surface area contributed by atoms with Gasteiger partial charge in [-0.3, -0.25) is 0 Å². The molecular formula is C7H12N2. The molecule has 1 rings (SSSR count). The van der Waals surface area contributed by atoms with Crippen molar-refractivity contribution in [3.63, 3.8) is 0 Å². The van der Waals surface area contributed by atoms with Crippen LogP contribution in [-0.4, -0.2) is 6.04 Å². The molecule has 0 bridgehead atoms. The molecule has 0 fully saturated rings. The molecule has 0 aliphatic carbocycles. The molecule has 50 valence electrons. The minimum atomic E-state index is 0.308. The largest absolute Gasteiger partial charge is 0.182 e. The Labute approximate surface area is 55.7 Å². The molecule has 1 unspecified atom stereocenters. The van der Waals surface area contributed by atoms with Gasteiger partial charge in [0.15, 0.2) is 0 Å². The first-order valence-corrected chi connectivity index (χ1v) is 3.32. The molecule has 1 atom stereocenters. The second kappa shape index (κ2) is 2.29. The summed E-state index contributed by atoms with van der Waals surface area (Å²) in [6.07, 6.45) is 2.10. The number of nitrogens with zero attached hydrogens (tertiary/aromatic N) is 2. The molecule has 0 amide bonds. The lowest BCUT2D eigenvalue weighted by Crippen LogP contribution is -1.89. The summed E-state index contributed by atoms with van der Waals surface area (Å²) < 4.78 is 0. The van der Waals surface area contributed by atoms with E-state index < -0.39 is 0 Å². The summed E-state index contributed by atoms with van der Waals surface area (Å²) in [7, 11) is 0. The molecule has 1 aliphatic heterocycles. The van der Waals surface area contributed by atoms with Crippen LogP contribution in [0.4, 0.5) is 0 Å². The highest BCUT2D eigenvalue weighted by atomic mass is 15.1. The molecule has 0 aromatic rings. The van der Waals surface area contributed by atoms with Crippen LogP contribution in [0.1, 0.15) is 20.8 Å². The quantitative estimate of drug-likeness (QED) is 0.512. The average molecular weight is 124 g/mol. The lowest BCUT2D eigenvalue weighted by molar-refractivity contribution is 0.752. The summed E-state index contributed by atoms with van der Waals surface area (Å²) in [5.41, 5.74) is 1.13. The molecule has 0 aromatic carbocycles. The molecule has 2 nitrogen and oxygen atoms in total. The summed E-state index contributed by atoms with van der Waals surface area (Å²) in [6.45, 7) is 6.30. The van der Waals surface area contributed by atoms with Crippen LogP contribution in [0.5, 0.6) is 0 Å². The van der Waals surface area contributed by atoms with Gasteiger partial charge in [0, 0.05) is 0 Å². The highest BCUT2D eigenvalue weighted by Crippen LogP contribution is 2.18. The van der Waals surface area contributed by atoms with Gasteiger partial charge in [-0.05, 0) is 18.9 Å². The smallest absolute Gasteiger partial charge is 0.0886 e. The van der Waals surface area contributed by atoms with Gasteiger partial charge in [0.05, 0.1) is 11.7 Å². The Morgan fingerprint density at radius 2 is 2.22 bits per heavy atom. The Hall–Kier alpha value is -0.660. The van der Waals surface area contributed by atoms with E-state index in [2.05, 4.69) is 30.2 Å². The van der Waals surface area contributed by atoms with Crippen LogP contribution >= 0.6 is 0 Å². The molecule has 0 radical (unpaired) electrons. The third-order valence-electron chi connectivity index (χ3n) is 1.36. The maximum atomic E-state index is 4.00. The van der Waals surface area contributed by atoms with Crippen LogP contribution in [-0.2, 0) is 0 Å². The van der Waals surface area contributed by atoms with Gasteiger partial charge >= 0.3 is 0 Å². The molecule has 0 N–H and O–H groups in total. The predicted octanol–water partition coefficient (Wildman–Crippen LogP) is 2.38. The number of rotatable bonds is 1. The first kappa shape index (κ1) is 6.46. The van der Waals surface area contributed by atoms with Crippen molar-refractivity contribution >= 4 is 0 Å². The third kappa shape index (κ3) is 1.37. The van der Waals surface area contributed by atoms with Gasteiger partial charge in [-0.1, -0.05) is 13.8 Å². The SMILES string of the molecule is CC1C=C(C(C)C)N=N1. The molecule has 0 aromatic heterocycles. The van der Waals surface area contributed by atoms with Crippen LogP contribution < -0.4 is 0 Å². The van der Waals surface area contributed by atoms with E-state index in [1.54, 1.807) is 0 Å². The predicted molar refractivity (Wildman–Crippen MR) is 37.2 cm³/mol. The van der Waals surface area contributed by atoms with Gasteiger partial charge in [-0.2, -0.15) is 10.2 Å². The Bertz CT molecular complexity index is 156. The zero-order valence-corrected chi connectivity index (χ0v) is 6.13. The van der Waals surface area contributed by atoms with Crippen LogP contribution in [0.25, 0.3) is 0 Å². The number of hydrogen-bond donors (Lipinski definition) is 0. The zero-order valence-electron chi connectivity index (χ0n) is 6.13. The molecular weight excluding hydrogens is 112 g/mol. The van der Waals surface area contributed by atoms with Crippen LogP contribution in [0.3, 0.4) is 0 Å². The fraction of sp³-hybridized carbons (Fsp3) is 0.714. The average Bonchev–Trinajstić information content (AvgIpc) is 2.14. The van der Waals surface area contributed by atoms with Crippen LogP contribution in [0.15, 0.2) is 22.0 Å². The highest BCUT2D eigenvalue weighted by Gasteiger charge is 2.09. The van der Waals surface area contributed by atoms with E-state index >= 15 is 0 Å². The summed E-state index contributed by atoms with van der Waals surface area (Å²) in [5.74, 6) is 0.527. The van der Waals surface area contributed by atoms with Crippen molar-refractivity contribution in [3.8, 4) is 0 Å². The van der Waals surface area contributed by atoms with Gasteiger partial charge in [-0.15, -0.1) is 0 Å². The Kier molecular flexibility index (Phi) is 1.65. The van der Waals surface area contributed by atoms with E-state index in [0.29, 0.717) is 12.0 Å². The fourth-order valence-electron chi connectivity index (χ4n) is 0.779. The normalized spacial score (nSPS) is 25.3. The summed E-state index contributed by atoms with van der Waals surface area (Å²) in [4.78, 5) is 0. The lowest BCUT2D eigenvalue weighted by atomic mass is 10.1. The van der Waals surface area contributed by atoms with Crippen molar-refractivity contribution in [2.45, 2.75) is 26.8 Å². The highest BCUT2D eigenvalue weighted by molar-refractivity contribution is 5.10. The van der Waals surface area contributed by atoms with E-state index in [0.717, 1.165) is 5.70 Å². The molecule has 0 spiro atoms. The van der Waals surface area contributed by atoms with E-state index in [1.807, 2.05) is 6.92 Å². The van der Waals surface area contributed by atoms with Gasteiger partial charge in [0.1, 0.15) is 0 Å². The van der Waals surface area contributed by atoms with Gasteiger partial charge < -0.3 is 0 Å².